The summed E-state index contributed by atoms with van der Waals surface area (Å²) in [7, 11) is 0. The van der Waals surface area contributed by atoms with Gasteiger partial charge in [0, 0.05) is 24.3 Å². The lowest BCUT2D eigenvalue weighted by atomic mass is 10.0. The quantitative estimate of drug-likeness (QED) is 0.915. The molecule has 24 heavy (non-hydrogen) atoms. The molecule has 1 saturated heterocycles. The first-order valence-electron chi connectivity index (χ1n) is 8.41. The fraction of sp³-hybridized carbons (Fsp3) is 0.421. The average Bonchev–Trinajstić information content (AvgIpc) is 3.04. The standard InChI is InChI=1S/C19H23N3O2/c1-13(2)22-8-7-14(12-22)9-17-10-20-11-18(21-17)15-3-5-16(6-4-15)19(23)24/h3-6,10-11,13-14H,7-9,12H2,1-2H3,(H,23,24). The van der Waals surface area contributed by atoms with Gasteiger partial charge in [0.25, 0.3) is 0 Å². The maximum absolute atomic E-state index is 10.9. The van der Waals surface area contributed by atoms with Crippen molar-refractivity contribution in [1.82, 2.24) is 14.9 Å². The lowest BCUT2D eigenvalue weighted by Gasteiger charge is -2.20. The number of rotatable bonds is 5. The Balaban J connectivity index is 1.71. The average molecular weight is 325 g/mol. The van der Waals surface area contributed by atoms with E-state index in [0.717, 1.165) is 36.5 Å². The number of aromatic carboxylic acids is 1. The number of carboxylic acids is 1. The van der Waals surface area contributed by atoms with Crippen LogP contribution in [0, 0.1) is 5.92 Å². The molecule has 5 nitrogen and oxygen atoms in total. The minimum atomic E-state index is -0.919. The van der Waals surface area contributed by atoms with Gasteiger partial charge in [0.1, 0.15) is 0 Å². The molecule has 0 aliphatic carbocycles. The first-order valence-corrected chi connectivity index (χ1v) is 8.41. The van der Waals surface area contributed by atoms with E-state index in [-0.39, 0.29) is 5.56 Å². The minimum Gasteiger partial charge on any atom is -0.478 e. The summed E-state index contributed by atoms with van der Waals surface area (Å²) in [6.45, 7) is 6.76. The van der Waals surface area contributed by atoms with Crippen LogP contribution in [0.25, 0.3) is 11.3 Å². The smallest absolute Gasteiger partial charge is 0.335 e. The van der Waals surface area contributed by atoms with Crippen molar-refractivity contribution >= 4 is 5.97 Å². The number of likely N-dealkylation sites (tertiary alicyclic amines) is 1. The number of carbonyl (C=O) groups is 1. The van der Waals surface area contributed by atoms with E-state index < -0.39 is 5.97 Å². The van der Waals surface area contributed by atoms with E-state index >= 15 is 0 Å². The largest absolute Gasteiger partial charge is 0.478 e. The second-order valence-electron chi connectivity index (χ2n) is 6.73. The highest BCUT2D eigenvalue weighted by Gasteiger charge is 2.24. The van der Waals surface area contributed by atoms with Crippen molar-refractivity contribution in [1.29, 1.82) is 0 Å². The van der Waals surface area contributed by atoms with Gasteiger partial charge in [-0.05, 0) is 51.3 Å². The van der Waals surface area contributed by atoms with Crippen LogP contribution in [0.4, 0.5) is 0 Å². The van der Waals surface area contributed by atoms with Gasteiger partial charge in [-0.3, -0.25) is 4.98 Å². The van der Waals surface area contributed by atoms with E-state index in [4.69, 9.17) is 10.1 Å². The van der Waals surface area contributed by atoms with Crippen molar-refractivity contribution in [3.63, 3.8) is 0 Å². The van der Waals surface area contributed by atoms with Gasteiger partial charge < -0.3 is 10.0 Å². The molecule has 0 amide bonds. The van der Waals surface area contributed by atoms with E-state index in [1.54, 1.807) is 30.5 Å². The topological polar surface area (TPSA) is 66.3 Å². The fourth-order valence-corrected chi connectivity index (χ4v) is 3.22. The number of hydrogen-bond donors (Lipinski definition) is 1. The zero-order chi connectivity index (χ0) is 17.1. The Bertz CT molecular complexity index is 713. The molecule has 1 aliphatic rings. The fourth-order valence-electron chi connectivity index (χ4n) is 3.22. The van der Waals surface area contributed by atoms with Gasteiger partial charge in [0.15, 0.2) is 0 Å². The van der Waals surface area contributed by atoms with E-state index in [9.17, 15) is 4.79 Å². The van der Waals surface area contributed by atoms with Crippen LogP contribution in [0.1, 0.15) is 36.3 Å². The first kappa shape index (κ1) is 16.6. The lowest BCUT2D eigenvalue weighted by molar-refractivity contribution is 0.0697. The van der Waals surface area contributed by atoms with Crippen LogP contribution in [0.3, 0.4) is 0 Å². The summed E-state index contributed by atoms with van der Waals surface area (Å²) in [4.78, 5) is 22.5. The van der Waals surface area contributed by atoms with Gasteiger partial charge in [-0.1, -0.05) is 12.1 Å². The predicted octanol–water partition coefficient (Wildman–Crippen LogP) is 3.11. The molecule has 0 radical (unpaired) electrons. The van der Waals surface area contributed by atoms with Crippen LogP contribution in [0.5, 0.6) is 0 Å². The molecule has 1 aromatic heterocycles. The molecule has 0 bridgehead atoms. The number of benzene rings is 1. The summed E-state index contributed by atoms with van der Waals surface area (Å²) in [6.07, 6.45) is 5.72. The molecule has 126 valence electrons. The molecule has 3 rings (SSSR count). The van der Waals surface area contributed by atoms with Gasteiger partial charge in [0.05, 0.1) is 23.1 Å². The number of hydrogen-bond acceptors (Lipinski definition) is 4. The number of nitrogens with zero attached hydrogens (tertiary/aromatic N) is 3. The third-order valence-corrected chi connectivity index (χ3v) is 4.66. The Kier molecular flexibility index (Phi) is 4.90. The summed E-state index contributed by atoms with van der Waals surface area (Å²) < 4.78 is 0. The van der Waals surface area contributed by atoms with Gasteiger partial charge in [-0.15, -0.1) is 0 Å². The highest BCUT2D eigenvalue weighted by molar-refractivity contribution is 5.88. The summed E-state index contributed by atoms with van der Waals surface area (Å²) in [5.74, 6) is -0.288. The number of carboxylic acid groups (broad SMARTS) is 1. The molecule has 1 atom stereocenters. The van der Waals surface area contributed by atoms with Crippen LogP contribution in [-0.2, 0) is 6.42 Å². The Morgan fingerprint density at radius 1 is 1.29 bits per heavy atom. The van der Waals surface area contributed by atoms with E-state index in [1.165, 1.54) is 6.42 Å². The van der Waals surface area contributed by atoms with Crippen LogP contribution in [0.2, 0.25) is 0 Å². The molecule has 1 aromatic carbocycles. The Hall–Kier alpha value is -2.27. The number of aromatic nitrogens is 2. The summed E-state index contributed by atoms with van der Waals surface area (Å²) in [5.41, 5.74) is 2.97. The minimum absolute atomic E-state index is 0.280. The summed E-state index contributed by atoms with van der Waals surface area (Å²) in [6, 6.07) is 7.37. The lowest BCUT2D eigenvalue weighted by Crippen LogP contribution is -2.28. The zero-order valence-electron chi connectivity index (χ0n) is 14.1. The summed E-state index contributed by atoms with van der Waals surface area (Å²) >= 11 is 0. The highest BCUT2D eigenvalue weighted by atomic mass is 16.4. The van der Waals surface area contributed by atoms with Crippen molar-refractivity contribution in [2.45, 2.75) is 32.7 Å². The first-order chi connectivity index (χ1) is 11.5. The van der Waals surface area contributed by atoms with Crippen molar-refractivity contribution in [2.75, 3.05) is 13.1 Å². The van der Waals surface area contributed by atoms with Gasteiger partial charge in [-0.2, -0.15) is 0 Å². The van der Waals surface area contributed by atoms with Crippen molar-refractivity contribution in [2.24, 2.45) is 5.92 Å². The van der Waals surface area contributed by atoms with Crippen LogP contribution in [0.15, 0.2) is 36.7 Å². The van der Waals surface area contributed by atoms with E-state index in [1.807, 2.05) is 6.20 Å². The molecule has 5 heteroatoms. The van der Waals surface area contributed by atoms with Gasteiger partial charge in [0.2, 0.25) is 0 Å². The van der Waals surface area contributed by atoms with Crippen molar-refractivity contribution < 1.29 is 9.90 Å². The van der Waals surface area contributed by atoms with Crippen molar-refractivity contribution in [3.8, 4) is 11.3 Å². The van der Waals surface area contributed by atoms with Crippen LogP contribution < -0.4 is 0 Å². The van der Waals surface area contributed by atoms with Gasteiger partial charge in [-0.25, -0.2) is 9.78 Å². The van der Waals surface area contributed by atoms with Crippen molar-refractivity contribution in [3.05, 3.63) is 47.9 Å². The Morgan fingerprint density at radius 2 is 2.04 bits per heavy atom. The highest BCUT2D eigenvalue weighted by Crippen LogP contribution is 2.23. The molecule has 1 N–H and O–H groups in total. The predicted molar refractivity (Wildman–Crippen MR) is 92.9 cm³/mol. The molecule has 0 spiro atoms. The third-order valence-electron chi connectivity index (χ3n) is 4.66. The van der Waals surface area contributed by atoms with Crippen LogP contribution >= 0.6 is 0 Å². The van der Waals surface area contributed by atoms with Gasteiger partial charge >= 0.3 is 5.97 Å². The maximum atomic E-state index is 10.9. The maximum Gasteiger partial charge on any atom is 0.335 e. The van der Waals surface area contributed by atoms with E-state index in [0.29, 0.717) is 12.0 Å². The second-order valence-corrected chi connectivity index (χ2v) is 6.73. The van der Waals surface area contributed by atoms with Crippen LogP contribution in [-0.4, -0.2) is 45.1 Å². The molecular formula is C19H23N3O2. The monoisotopic (exact) mass is 325 g/mol. The molecule has 2 aromatic rings. The molecule has 0 saturated carbocycles. The van der Waals surface area contributed by atoms with E-state index in [2.05, 4.69) is 23.7 Å². The molecule has 1 fully saturated rings. The molecule has 1 unspecified atom stereocenters. The molecule has 2 heterocycles. The normalized spacial score (nSPS) is 18.2. The zero-order valence-corrected chi connectivity index (χ0v) is 14.1. The molecular weight excluding hydrogens is 302 g/mol. The summed E-state index contributed by atoms with van der Waals surface area (Å²) in [5, 5.41) is 8.98. The second kappa shape index (κ2) is 7.09. The SMILES string of the molecule is CC(C)N1CCC(Cc2cncc(-c3ccc(C(=O)O)cc3)n2)C1. The third kappa shape index (κ3) is 3.79. The molecule has 1 aliphatic heterocycles. The Labute approximate surface area is 142 Å². The Morgan fingerprint density at radius 3 is 2.67 bits per heavy atom.